The fourth-order valence-electron chi connectivity index (χ4n) is 4.28. The summed E-state index contributed by atoms with van der Waals surface area (Å²) in [7, 11) is -4.77. The lowest BCUT2D eigenvalue weighted by Gasteiger charge is -2.18. The van der Waals surface area contributed by atoms with Crippen LogP contribution in [0, 0.1) is 0 Å². The molecule has 0 aromatic heterocycles. The van der Waals surface area contributed by atoms with E-state index in [0.717, 1.165) is 32.1 Å². The van der Waals surface area contributed by atoms with E-state index in [1.807, 2.05) is 54.7 Å². The lowest BCUT2D eigenvalue weighted by molar-refractivity contribution is -0.161. The van der Waals surface area contributed by atoms with E-state index in [-0.39, 0.29) is 19.4 Å². The van der Waals surface area contributed by atoms with Crippen molar-refractivity contribution in [2.75, 3.05) is 13.2 Å². The average molecular weight is 665 g/mol. The largest absolute Gasteiger partial charge is 0.469 e. The monoisotopic (exact) mass is 664 g/mol. The Bertz CT molecular complexity index is 974. The summed E-state index contributed by atoms with van der Waals surface area (Å²) in [5.74, 6) is -0.985. The van der Waals surface area contributed by atoms with Crippen molar-refractivity contribution in [3.05, 3.63) is 72.9 Å². The van der Waals surface area contributed by atoms with Crippen molar-refractivity contribution in [2.45, 2.75) is 136 Å². The normalized spacial score (nSPS) is 13.4. The number of ether oxygens (including phenoxy) is 2. The third-order valence-corrected chi connectivity index (χ3v) is 7.32. The molecule has 262 valence electrons. The van der Waals surface area contributed by atoms with Crippen LogP contribution in [0.15, 0.2) is 72.9 Å². The molecule has 0 aliphatic rings. The predicted molar refractivity (Wildman–Crippen MR) is 188 cm³/mol. The van der Waals surface area contributed by atoms with Crippen LogP contribution in [0.5, 0.6) is 0 Å². The molecule has 1 atom stereocenters. The van der Waals surface area contributed by atoms with Gasteiger partial charge in [0.1, 0.15) is 6.61 Å². The van der Waals surface area contributed by atoms with Gasteiger partial charge in [-0.05, 0) is 51.4 Å². The van der Waals surface area contributed by atoms with Crippen LogP contribution < -0.4 is 0 Å². The van der Waals surface area contributed by atoms with Gasteiger partial charge in [0.05, 0.1) is 6.61 Å². The molecule has 0 spiro atoms. The summed E-state index contributed by atoms with van der Waals surface area (Å²) in [6.07, 6.45) is 40.6. The van der Waals surface area contributed by atoms with Crippen molar-refractivity contribution in [1.29, 1.82) is 0 Å². The third-order valence-electron chi connectivity index (χ3n) is 6.84. The second-order valence-electron chi connectivity index (χ2n) is 11.2. The summed E-state index contributed by atoms with van der Waals surface area (Å²) >= 11 is 0. The molecule has 0 heterocycles. The zero-order chi connectivity index (χ0) is 34.0. The molecule has 0 bridgehead atoms. The number of phosphoric acid groups is 1. The zero-order valence-electron chi connectivity index (χ0n) is 28.4. The van der Waals surface area contributed by atoms with Gasteiger partial charge in [0.2, 0.25) is 0 Å². The maximum absolute atomic E-state index is 12.3. The van der Waals surface area contributed by atoms with Crippen LogP contribution in [0.25, 0.3) is 0 Å². The Kier molecular flexibility index (Phi) is 30.7. The van der Waals surface area contributed by atoms with Crippen molar-refractivity contribution in [3.63, 3.8) is 0 Å². The number of carbonyl (C=O) groups is 2. The van der Waals surface area contributed by atoms with Gasteiger partial charge in [0, 0.05) is 12.8 Å². The van der Waals surface area contributed by atoms with E-state index < -0.39 is 32.5 Å². The highest BCUT2D eigenvalue weighted by Crippen LogP contribution is 2.35. The molecular weight excluding hydrogens is 603 g/mol. The highest BCUT2D eigenvalue weighted by molar-refractivity contribution is 7.46. The Labute approximate surface area is 279 Å². The molecule has 0 aliphatic heterocycles. The number of esters is 2. The lowest BCUT2D eigenvalue weighted by atomic mass is 10.1. The van der Waals surface area contributed by atoms with Gasteiger partial charge in [-0.25, -0.2) is 4.57 Å². The minimum Gasteiger partial charge on any atom is -0.462 e. The van der Waals surface area contributed by atoms with E-state index in [4.69, 9.17) is 19.3 Å². The molecule has 2 N–H and O–H groups in total. The molecule has 46 heavy (non-hydrogen) atoms. The number of carbonyl (C=O) groups excluding carboxylic acids is 2. The molecule has 0 saturated carbocycles. The number of phosphoric ester groups is 1. The molecule has 0 amide bonds. The van der Waals surface area contributed by atoms with Crippen LogP contribution in [0.1, 0.15) is 129 Å². The van der Waals surface area contributed by atoms with Crippen molar-refractivity contribution < 1.29 is 37.9 Å². The number of hydrogen-bond donors (Lipinski definition) is 2. The molecule has 0 rings (SSSR count). The first-order chi connectivity index (χ1) is 22.3. The van der Waals surface area contributed by atoms with Gasteiger partial charge in [-0.2, -0.15) is 0 Å². The van der Waals surface area contributed by atoms with Crippen molar-refractivity contribution in [2.24, 2.45) is 0 Å². The van der Waals surface area contributed by atoms with E-state index in [0.29, 0.717) is 19.3 Å². The van der Waals surface area contributed by atoms with Crippen LogP contribution in [0.4, 0.5) is 0 Å². The minimum atomic E-state index is -4.77. The summed E-state index contributed by atoms with van der Waals surface area (Å²) in [4.78, 5) is 42.5. The summed E-state index contributed by atoms with van der Waals surface area (Å²) in [5, 5.41) is 0. The van der Waals surface area contributed by atoms with E-state index in [9.17, 15) is 14.2 Å². The quantitative estimate of drug-likeness (QED) is 0.0256. The summed E-state index contributed by atoms with van der Waals surface area (Å²) in [5.41, 5.74) is 0. The van der Waals surface area contributed by atoms with Gasteiger partial charge in [-0.1, -0.05) is 138 Å². The first kappa shape index (κ1) is 43.5. The van der Waals surface area contributed by atoms with Crippen LogP contribution in [0.2, 0.25) is 0 Å². The number of unbranched alkanes of at least 4 members (excludes halogenated alkanes) is 12. The molecule has 8 nitrogen and oxygen atoms in total. The Morgan fingerprint density at radius 1 is 0.587 bits per heavy atom. The maximum atomic E-state index is 12.3. The molecular formula is C37H61O8P. The molecule has 0 aromatic carbocycles. The average Bonchev–Trinajstić information content (AvgIpc) is 3.02. The molecule has 0 saturated heterocycles. The zero-order valence-corrected chi connectivity index (χ0v) is 29.3. The minimum absolute atomic E-state index is 0.111. The Morgan fingerprint density at radius 3 is 1.67 bits per heavy atom. The standard InChI is InChI=1S/C37H61O8P/c1-3-5-7-9-11-13-15-17-18-20-21-23-25-27-29-31-36(38)43-33-35(34-44-46(40,41)42)45-37(39)32-30-28-26-24-22-19-16-14-12-10-8-6-4-2/h6,8,10,12-16,19,22,24,26,35H,3-5,7,9,11,17-18,20-21,23,25,27-34H2,1-2H3,(H2,40,41,42)/b8-6+,12-10+,15-13+,16-14+,22-19+,26-24+. The Morgan fingerprint density at radius 2 is 1.09 bits per heavy atom. The molecule has 9 heteroatoms. The molecule has 0 fully saturated rings. The van der Waals surface area contributed by atoms with Gasteiger partial charge in [-0.15, -0.1) is 0 Å². The van der Waals surface area contributed by atoms with E-state index in [2.05, 4.69) is 36.6 Å². The highest BCUT2D eigenvalue weighted by atomic mass is 31.2. The van der Waals surface area contributed by atoms with Gasteiger partial charge in [-0.3, -0.25) is 14.1 Å². The second kappa shape index (κ2) is 32.4. The fourth-order valence-corrected chi connectivity index (χ4v) is 4.64. The van der Waals surface area contributed by atoms with Gasteiger partial charge < -0.3 is 19.3 Å². The van der Waals surface area contributed by atoms with Crippen molar-refractivity contribution >= 4 is 19.8 Å². The van der Waals surface area contributed by atoms with Crippen LogP contribution in [0.3, 0.4) is 0 Å². The number of rotatable bonds is 30. The smallest absolute Gasteiger partial charge is 0.462 e. The number of hydrogen-bond acceptors (Lipinski definition) is 6. The predicted octanol–water partition coefficient (Wildman–Crippen LogP) is 9.95. The van der Waals surface area contributed by atoms with Crippen molar-refractivity contribution in [3.8, 4) is 0 Å². The van der Waals surface area contributed by atoms with Gasteiger partial charge in [0.15, 0.2) is 6.10 Å². The Balaban J connectivity index is 4.14. The number of allylic oxidation sites excluding steroid dienone is 12. The van der Waals surface area contributed by atoms with Crippen LogP contribution >= 0.6 is 7.82 Å². The van der Waals surface area contributed by atoms with Crippen LogP contribution in [-0.4, -0.2) is 41.0 Å². The highest BCUT2D eigenvalue weighted by Gasteiger charge is 2.22. The van der Waals surface area contributed by atoms with E-state index in [1.165, 1.54) is 51.4 Å². The van der Waals surface area contributed by atoms with Crippen LogP contribution in [-0.2, 0) is 28.2 Å². The summed E-state index contributed by atoms with van der Waals surface area (Å²) in [6.45, 7) is 3.43. The SMILES string of the molecule is CC/C=C/C=C/C=C/C=C/C=C/CCCC(=O)OC(COC(=O)CCCCCCCCC/C=C/CCCCCC)COP(=O)(O)O. The topological polar surface area (TPSA) is 119 Å². The Hall–Kier alpha value is -2.51. The molecule has 0 aromatic rings. The third kappa shape index (κ3) is 34.4. The first-order valence-electron chi connectivity index (χ1n) is 17.3. The summed E-state index contributed by atoms with van der Waals surface area (Å²) < 4.78 is 26.1. The molecule has 0 aliphatic carbocycles. The lowest BCUT2D eigenvalue weighted by Crippen LogP contribution is -2.29. The van der Waals surface area contributed by atoms with E-state index in [1.54, 1.807) is 0 Å². The van der Waals surface area contributed by atoms with Gasteiger partial charge in [0.25, 0.3) is 0 Å². The molecule has 0 radical (unpaired) electrons. The first-order valence-corrected chi connectivity index (χ1v) is 18.8. The fraction of sp³-hybridized carbons (Fsp3) is 0.622. The van der Waals surface area contributed by atoms with E-state index >= 15 is 0 Å². The molecule has 1 unspecified atom stereocenters. The maximum Gasteiger partial charge on any atom is 0.469 e. The summed E-state index contributed by atoms with van der Waals surface area (Å²) in [6, 6.07) is 0. The van der Waals surface area contributed by atoms with Gasteiger partial charge >= 0.3 is 19.8 Å². The second-order valence-corrected chi connectivity index (χ2v) is 12.5. The van der Waals surface area contributed by atoms with Crippen molar-refractivity contribution in [1.82, 2.24) is 0 Å².